The van der Waals surface area contributed by atoms with Crippen molar-refractivity contribution in [3.05, 3.63) is 65.6 Å². The van der Waals surface area contributed by atoms with Crippen LogP contribution in [0.4, 0.5) is 0 Å². The van der Waals surface area contributed by atoms with E-state index in [0.29, 0.717) is 22.9 Å². The van der Waals surface area contributed by atoms with Crippen LogP contribution >= 0.6 is 0 Å². The second-order valence-corrected chi connectivity index (χ2v) is 5.93. The lowest BCUT2D eigenvalue weighted by atomic mass is 10.1. The second-order valence-electron chi connectivity index (χ2n) is 5.93. The summed E-state index contributed by atoms with van der Waals surface area (Å²) in [7, 11) is 3.12. The number of ether oxygens (including phenoxy) is 3. The van der Waals surface area contributed by atoms with Crippen LogP contribution in [0.2, 0.25) is 0 Å². The van der Waals surface area contributed by atoms with Gasteiger partial charge < -0.3 is 18.7 Å². The molecule has 0 aliphatic heterocycles. The third kappa shape index (κ3) is 4.76. The van der Waals surface area contributed by atoms with Gasteiger partial charge in [-0.15, -0.1) is 0 Å². The zero-order valence-corrected chi connectivity index (χ0v) is 15.8. The first-order valence-electron chi connectivity index (χ1n) is 8.55. The van der Waals surface area contributed by atoms with E-state index in [1.54, 1.807) is 38.5 Å². The van der Waals surface area contributed by atoms with Gasteiger partial charge in [0.2, 0.25) is 5.82 Å². The van der Waals surface area contributed by atoms with E-state index in [0.717, 1.165) is 11.1 Å². The second kappa shape index (κ2) is 8.85. The molecule has 28 heavy (non-hydrogen) atoms. The minimum atomic E-state index is -0.498. The molecular weight excluding hydrogens is 360 g/mol. The number of hydrogen-bond donors (Lipinski definition) is 0. The molecule has 1 aromatic heterocycles. The van der Waals surface area contributed by atoms with Gasteiger partial charge in [-0.2, -0.15) is 4.98 Å². The monoisotopic (exact) mass is 380 g/mol. The van der Waals surface area contributed by atoms with Crippen molar-refractivity contribution in [2.75, 3.05) is 14.2 Å². The first-order valence-corrected chi connectivity index (χ1v) is 8.55. The lowest BCUT2D eigenvalue weighted by Crippen LogP contribution is -2.01. The van der Waals surface area contributed by atoms with Gasteiger partial charge in [-0.1, -0.05) is 35.0 Å². The van der Waals surface area contributed by atoms with Gasteiger partial charge in [0.1, 0.15) is 11.5 Å². The summed E-state index contributed by atoms with van der Waals surface area (Å²) in [5, 5.41) is 3.91. The largest absolute Gasteiger partial charge is 0.497 e. The van der Waals surface area contributed by atoms with E-state index in [9.17, 15) is 4.79 Å². The Morgan fingerprint density at radius 2 is 1.89 bits per heavy atom. The molecule has 3 aromatic rings. The Morgan fingerprint density at radius 1 is 1.11 bits per heavy atom. The van der Waals surface area contributed by atoms with Gasteiger partial charge in [0, 0.05) is 12.1 Å². The Balaban J connectivity index is 1.62. The maximum atomic E-state index is 11.9. The molecule has 0 aliphatic rings. The zero-order chi connectivity index (χ0) is 19.9. The van der Waals surface area contributed by atoms with Gasteiger partial charge >= 0.3 is 5.97 Å². The van der Waals surface area contributed by atoms with E-state index >= 15 is 0 Å². The number of carbonyl (C=O) groups excluding carboxylic acids is 1. The van der Waals surface area contributed by atoms with Crippen molar-refractivity contribution in [3.8, 4) is 22.9 Å². The number of carbonyl (C=O) groups is 1. The fourth-order valence-corrected chi connectivity index (χ4v) is 2.43. The Labute approximate surface area is 162 Å². The van der Waals surface area contributed by atoms with Crippen LogP contribution in [0.15, 0.2) is 53.1 Å². The van der Waals surface area contributed by atoms with Crippen molar-refractivity contribution in [1.82, 2.24) is 10.1 Å². The fraction of sp³-hybridized carbons (Fsp3) is 0.190. The van der Waals surface area contributed by atoms with Crippen LogP contribution in [0, 0.1) is 6.92 Å². The number of methoxy groups -OCH3 is 2. The standard InChI is InChI=1S/C21H20N2O5/c1-14-4-6-15(7-5-14)8-11-20(24)27-13-19-22-21(23-28-19)17-10-9-16(25-2)12-18(17)26-3/h4-12H,13H2,1-3H3/b11-8+. The molecule has 0 atom stereocenters. The number of benzene rings is 2. The van der Waals surface area contributed by atoms with Gasteiger partial charge in [-0.3, -0.25) is 0 Å². The molecule has 2 aromatic carbocycles. The van der Waals surface area contributed by atoms with Crippen LogP contribution in [0.1, 0.15) is 17.0 Å². The number of aromatic nitrogens is 2. The summed E-state index contributed by atoms with van der Waals surface area (Å²) in [5.41, 5.74) is 2.71. The average molecular weight is 380 g/mol. The molecule has 0 spiro atoms. The Bertz CT molecular complexity index is 977. The summed E-state index contributed by atoms with van der Waals surface area (Å²) in [6.07, 6.45) is 3.04. The van der Waals surface area contributed by atoms with Crippen LogP contribution in [0.25, 0.3) is 17.5 Å². The van der Waals surface area contributed by atoms with Crippen molar-refractivity contribution >= 4 is 12.0 Å². The van der Waals surface area contributed by atoms with Crippen LogP contribution in [0.5, 0.6) is 11.5 Å². The van der Waals surface area contributed by atoms with E-state index in [1.165, 1.54) is 6.08 Å². The highest BCUT2D eigenvalue weighted by molar-refractivity contribution is 5.87. The van der Waals surface area contributed by atoms with Crippen LogP contribution in [-0.2, 0) is 16.1 Å². The predicted molar refractivity (Wildman–Crippen MR) is 103 cm³/mol. The highest BCUT2D eigenvalue weighted by atomic mass is 16.6. The SMILES string of the molecule is COc1ccc(-c2noc(COC(=O)/C=C/c3ccc(C)cc3)n2)c(OC)c1. The quantitative estimate of drug-likeness (QED) is 0.455. The molecule has 144 valence electrons. The third-order valence-corrected chi connectivity index (χ3v) is 3.94. The van der Waals surface area contributed by atoms with Crippen LogP contribution in [0.3, 0.4) is 0 Å². The van der Waals surface area contributed by atoms with Crippen molar-refractivity contribution in [2.24, 2.45) is 0 Å². The molecule has 0 bridgehead atoms. The summed E-state index contributed by atoms with van der Waals surface area (Å²) in [5.74, 6) is 1.22. The van der Waals surface area contributed by atoms with Gasteiger partial charge in [-0.25, -0.2) is 4.79 Å². The Morgan fingerprint density at radius 3 is 2.61 bits per heavy atom. The molecule has 0 amide bonds. The molecule has 3 rings (SSSR count). The van der Waals surface area contributed by atoms with E-state index in [1.807, 2.05) is 31.2 Å². The first kappa shape index (κ1) is 19.2. The predicted octanol–water partition coefficient (Wildman–Crippen LogP) is 3.82. The molecule has 0 fully saturated rings. The maximum Gasteiger partial charge on any atom is 0.331 e. The molecule has 0 N–H and O–H groups in total. The molecule has 0 aliphatic carbocycles. The molecule has 0 saturated carbocycles. The Kier molecular flexibility index (Phi) is 6.06. The fourth-order valence-electron chi connectivity index (χ4n) is 2.43. The van der Waals surface area contributed by atoms with Crippen molar-refractivity contribution in [2.45, 2.75) is 13.5 Å². The van der Waals surface area contributed by atoms with Crippen molar-refractivity contribution < 1.29 is 23.5 Å². The van der Waals surface area contributed by atoms with Crippen molar-refractivity contribution in [1.29, 1.82) is 0 Å². The summed E-state index contributed by atoms with van der Waals surface area (Å²) in [6.45, 7) is 1.88. The molecule has 7 nitrogen and oxygen atoms in total. The van der Waals surface area contributed by atoms with E-state index in [-0.39, 0.29) is 12.5 Å². The van der Waals surface area contributed by atoms with Crippen LogP contribution < -0.4 is 9.47 Å². The lowest BCUT2D eigenvalue weighted by molar-refractivity contribution is -0.139. The maximum absolute atomic E-state index is 11.9. The van der Waals surface area contributed by atoms with Gasteiger partial charge in [0.25, 0.3) is 5.89 Å². The van der Waals surface area contributed by atoms with E-state index in [2.05, 4.69) is 10.1 Å². The minimum absolute atomic E-state index is 0.122. The summed E-state index contributed by atoms with van der Waals surface area (Å²) in [4.78, 5) is 16.1. The number of nitrogens with zero attached hydrogens (tertiary/aromatic N) is 2. The van der Waals surface area contributed by atoms with Gasteiger partial charge in [-0.05, 0) is 30.7 Å². The van der Waals surface area contributed by atoms with Crippen molar-refractivity contribution in [3.63, 3.8) is 0 Å². The molecule has 0 radical (unpaired) electrons. The molecular formula is C21H20N2O5. The molecule has 7 heteroatoms. The summed E-state index contributed by atoms with van der Waals surface area (Å²) < 4.78 is 20.8. The molecule has 0 saturated heterocycles. The first-order chi connectivity index (χ1) is 13.6. The zero-order valence-electron chi connectivity index (χ0n) is 15.8. The van der Waals surface area contributed by atoms with Gasteiger partial charge in [0.05, 0.1) is 19.8 Å². The highest BCUT2D eigenvalue weighted by Crippen LogP contribution is 2.31. The van der Waals surface area contributed by atoms with E-state index in [4.69, 9.17) is 18.7 Å². The Hall–Kier alpha value is -3.61. The number of aryl methyl sites for hydroxylation is 1. The normalized spacial score (nSPS) is 10.8. The topological polar surface area (TPSA) is 83.7 Å². The molecule has 1 heterocycles. The third-order valence-electron chi connectivity index (χ3n) is 3.94. The van der Waals surface area contributed by atoms with E-state index < -0.39 is 5.97 Å². The smallest absolute Gasteiger partial charge is 0.331 e. The highest BCUT2D eigenvalue weighted by Gasteiger charge is 2.15. The van der Waals surface area contributed by atoms with Gasteiger partial charge in [0.15, 0.2) is 6.61 Å². The number of rotatable bonds is 7. The minimum Gasteiger partial charge on any atom is -0.497 e. The lowest BCUT2D eigenvalue weighted by Gasteiger charge is -2.07. The summed E-state index contributed by atoms with van der Waals surface area (Å²) >= 11 is 0. The van der Waals surface area contributed by atoms with Crippen LogP contribution in [-0.4, -0.2) is 30.3 Å². The molecule has 0 unspecified atom stereocenters. The average Bonchev–Trinajstić information content (AvgIpc) is 3.20. The summed E-state index contributed by atoms with van der Waals surface area (Å²) in [6, 6.07) is 13.0. The number of hydrogen-bond acceptors (Lipinski definition) is 7. The number of esters is 1.